The smallest absolute Gasteiger partial charge is 0.326 e. The lowest BCUT2D eigenvalue weighted by molar-refractivity contribution is -0.142. The second kappa shape index (κ2) is 14.5. The van der Waals surface area contributed by atoms with Crippen molar-refractivity contribution in [3.8, 4) is 0 Å². The minimum Gasteiger partial charge on any atom is -0.480 e. The van der Waals surface area contributed by atoms with E-state index in [1.54, 1.807) is 0 Å². The van der Waals surface area contributed by atoms with Crippen LogP contribution in [0.4, 0.5) is 0 Å². The van der Waals surface area contributed by atoms with Crippen LogP contribution in [0.15, 0.2) is 0 Å². The Hall–Kier alpha value is -1.50. The van der Waals surface area contributed by atoms with Crippen LogP contribution in [0, 0.1) is 0 Å². The van der Waals surface area contributed by atoms with Gasteiger partial charge in [-0.1, -0.05) is 0 Å². The monoisotopic (exact) mass is 452 g/mol. The quantitative estimate of drug-likeness (QED) is 0.189. The van der Waals surface area contributed by atoms with Crippen molar-refractivity contribution in [1.29, 1.82) is 0 Å². The van der Waals surface area contributed by atoms with Gasteiger partial charge < -0.3 is 31.9 Å². The molecule has 7 N–H and O–H groups in total. The lowest BCUT2D eigenvalue weighted by atomic mass is 10.1. The lowest BCUT2D eigenvalue weighted by Gasteiger charge is -2.24. The molecule has 0 aromatic heterocycles. The van der Waals surface area contributed by atoms with Crippen LogP contribution in [0.2, 0.25) is 0 Å². The molecule has 0 fully saturated rings. The third-order valence-corrected chi connectivity index (χ3v) is 5.33. The number of hydrogen-bond donors (Lipinski definition) is 6. The van der Waals surface area contributed by atoms with Gasteiger partial charge in [-0.3, -0.25) is 14.4 Å². The maximum atomic E-state index is 12.6. The number of carbonyl (C=O) groups excluding carboxylic acids is 3. The standard InChI is InChI=1S/C17H32N4O6S2/c1-9(19-16(25)13(18)10(2)22)14(23)20-11(5-7-28-3)15(24)21-12(17(26)27)6-8-29-4/h9-13,22H,5-8,18H2,1-4H3,(H,19,25)(H,20,23)(H,21,24)(H,26,27). The number of thioether (sulfide) groups is 2. The molecule has 0 aliphatic carbocycles. The van der Waals surface area contributed by atoms with Crippen molar-refractivity contribution >= 4 is 47.2 Å². The van der Waals surface area contributed by atoms with Crippen molar-refractivity contribution < 1.29 is 29.4 Å². The number of aliphatic hydroxyl groups excluding tert-OH is 1. The van der Waals surface area contributed by atoms with Crippen molar-refractivity contribution in [2.45, 2.75) is 57.0 Å². The van der Waals surface area contributed by atoms with E-state index >= 15 is 0 Å². The number of carbonyl (C=O) groups is 4. The van der Waals surface area contributed by atoms with E-state index < -0.39 is 54.0 Å². The first kappa shape index (κ1) is 27.5. The third-order valence-electron chi connectivity index (χ3n) is 4.04. The zero-order chi connectivity index (χ0) is 22.6. The summed E-state index contributed by atoms with van der Waals surface area (Å²) < 4.78 is 0. The Labute approximate surface area is 179 Å². The molecule has 0 saturated heterocycles. The van der Waals surface area contributed by atoms with E-state index in [2.05, 4.69) is 16.0 Å². The number of carboxylic acid groups (broad SMARTS) is 1. The van der Waals surface area contributed by atoms with Gasteiger partial charge >= 0.3 is 5.97 Å². The van der Waals surface area contributed by atoms with Gasteiger partial charge in [0.15, 0.2) is 0 Å². The minimum atomic E-state index is -1.19. The van der Waals surface area contributed by atoms with Crippen molar-refractivity contribution in [1.82, 2.24) is 16.0 Å². The van der Waals surface area contributed by atoms with E-state index in [-0.39, 0.29) is 6.42 Å². The predicted octanol–water partition coefficient (Wildman–Crippen LogP) is -1.24. The lowest BCUT2D eigenvalue weighted by Crippen LogP contribution is -2.57. The fourth-order valence-corrected chi connectivity index (χ4v) is 3.10. The number of aliphatic carboxylic acids is 1. The molecule has 0 rings (SSSR count). The van der Waals surface area contributed by atoms with Gasteiger partial charge in [0, 0.05) is 0 Å². The zero-order valence-corrected chi connectivity index (χ0v) is 18.8. The predicted molar refractivity (Wildman–Crippen MR) is 115 cm³/mol. The zero-order valence-electron chi connectivity index (χ0n) is 17.1. The van der Waals surface area contributed by atoms with Crippen molar-refractivity contribution in [2.75, 3.05) is 24.0 Å². The molecule has 10 nitrogen and oxygen atoms in total. The van der Waals surface area contributed by atoms with Gasteiger partial charge in [0.2, 0.25) is 17.7 Å². The Bertz CT molecular complexity index is 564. The molecule has 29 heavy (non-hydrogen) atoms. The Kier molecular flexibility index (Phi) is 13.7. The second-order valence-electron chi connectivity index (χ2n) is 6.52. The summed E-state index contributed by atoms with van der Waals surface area (Å²) in [5.41, 5.74) is 5.53. The van der Waals surface area contributed by atoms with E-state index in [0.29, 0.717) is 17.9 Å². The Morgan fingerprint density at radius 3 is 1.79 bits per heavy atom. The second-order valence-corrected chi connectivity index (χ2v) is 8.49. The molecule has 0 spiro atoms. The number of nitrogens with two attached hydrogens (primary N) is 1. The van der Waals surface area contributed by atoms with E-state index in [9.17, 15) is 29.4 Å². The normalized spacial score (nSPS) is 16.1. The summed E-state index contributed by atoms with van der Waals surface area (Å²) >= 11 is 2.94. The SMILES string of the molecule is CSCCC(NC(=O)C(CCSC)NC(=O)C(C)NC(=O)C(N)C(C)O)C(=O)O. The molecule has 0 aliphatic heterocycles. The van der Waals surface area contributed by atoms with Gasteiger partial charge in [-0.25, -0.2) is 4.79 Å². The molecule has 0 aromatic carbocycles. The van der Waals surface area contributed by atoms with Crippen molar-refractivity contribution in [2.24, 2.45) is 5.73 Å². The van der Waals surface area contributed by atoms with Crippen LogP contribution >= 0.6 is 23.5 Å². The number of aliphatic hydroxyl groups is 1. The number of rotatable bonds is 14. The average molecular weight is 453 g/mol. The highest BCUT2D eigenvalue weighted by molar-refractivity contribution is 7.98. The van der Waals surface area contributed by atoms with E-state index in [4.69, 9.17) is 5.73 Å². The van der Waals surface area contributed by atoms with Crippen molar-refractivity contribution in [3.05, 3.63) is 0 Å². The first-order valence-corrected chi connectivity index (χ1v) is 11.9. The molecule has 0 aromatic rings. The Balaban J connectivity index is 5.03. The summed E-state index contributed by atoms with van der Waals surface area (Å²) in [6.45, 7) is 2.78. The maximum absolute atomic E-state index is 12.6. The van der Waals surface area contributed by atoms with Gasteiger partial charge in [-0.15, -0.1) is 0 Å². The molecule has 0 bridgehead atoms. The van der Waals surface area contributed by atoms with E-state index in [1.807, 2.05) is 12.5 Å². The topological polar surface area (TPSA) is 171 Å². The molecule has 0 aliphatic rings. The van der Waals surface area contributed by atoms with Crippen LogP contribution in [-0.2, 0) is 19.2 Å². The fourth-order valence-electron chi connectivity index (χ4n) is 2.16. The van der Waals surface area contributed by atoms with Crippen molar-refractivity contribution in [3.63, 3.8) is 0 Å². The summed E-state index contributed by atoms with van der Waals surface area (Å²) in [6.07, 6.45) is 3.15. The minimum absolute atomic E-state index is 0.259. The highest BCUT2D eigenvalue weighted by Gasteiger charge is 2.29. The first-order chi connectivity index (χ1) is 13.5. The summed E-state index contributed by atoms with van der Waals surface area (Å²) in [5, 5.41) is 26.0. The molecule has 12 heteroatoms. The van der Waals surface area contributed by atoms with Gasteiger partial charge in [0.25, 0.3) is 0 Å². The van der Waals surface area contributed by atoms with E-state index in [1.165, 1.54) is 37.4 Å². The van der Waals surface area contributed by atoms with Crippen LogP contribution in [0.3, 0.4) is 0 Å². The summed E-state index contributed by atoms with van der Waals surface area (Å²) in [6, 6.07) is -4.18. The molecular weight excluding hydrogens is 420 g/mol. The first-order valence-electron chi connectivity index (χ1n) is 9.10. The van der Waals surface area contributed by atoms with Crippen LogP contribution in [0.1, 0.15) is 26.7 Å². The van der Waals surface area contributed by atoms with Gasteiger partial charge in [0.05, 0.1) is 6.10 Å². The Morgan fingerprint density at radius 1 is 0.862 bits per heavy atom. The molecule has 3 amide bonds. The Morgan fingerprint density at radius 2 is 1.34 bits per heavy atom. The van der Waals surface area contributed by atoms with E-state index in [0.717, 1.165) is 0 Å². The molecular formula is C17H32N4O6S2. The van der Waals surface area contributed by atoms with Gasteiger partial charge in [0.1, 0.15) is 24.2 Å². The third kappa shape index (κ3) is 10.7. The summed E-state index contributed by atoms with van der Waals surface area (Å²) in [7, 11) is 0. The molecule has 5 atom stereocenters. The fraction of sp³-hybridized carbons (Fsp3) is 0.765. The van der Waals surface area contributed by atoms with Gasteiger partial charge in [-0.2, -0.15) is 23.5 Å². The number of amides is 3. The molecule has 168 valence electrons. The van der Waals surface area contributed by atoms with Crippen LogP contribution < -0.4 is 21.7 Å². The highest BCUT2D eigenvalue weighted by Crippen LogP contribution is 2.05. The largest absolute Gasteiger partial charge is 0.480 e. The maximum Gasteiger partial charge on any atom is 0.326 e. The molecule has 0 heterocycles. The summed E-state index contributed by atoms with van der Waals surface area (Å²) in [5.74, 6) is -1.93. The number of nitrogens with one attached hydrogen (secondary N) is 3. The van der Waals surface area contributed by atoms with Crippen LogP contribution in [0.25, 0.3) is 0 Å². The molecule has 5 unspecified atom stereocenters. The average Bonchev–Trinajstić information content (AvgIpc) is 2.66. The highest BCUT2D eigenvalue weighted by atomic mass is 32.2. The van der Waals surface area contributed by atoms with Crippen LogP contribution in [-0.4, -0.2) is 88.2 Å². The number of hydrogen-bond acceptors (Lipinski definition) is 8. The van der Waals surface area contributed by atoms with Crippen LogP contribution in [0.5, 0.6) is 0 Å². The number of carboxylic acids is 1. The van der Waals surface area contributed by atoms with Gasteiger partial charge in [-0.05, 0) is 50.7 Å². The molecule has 0 radical (unpaired) electrons. The summed E-state index contributed by atoms with van der Waals surface area (Å²) in [4.78, 5) is 48.2. The molecule has 0 saturated carbocycles.